The predicted octanol–water partition coefficient (Wildman–Crippen LogP) is 0.512. The number of aryl methyl sites for hydroxylation is 1. The quantitative estimate of drug-likeness (QED) is 0.629. The van der Waals surface area contributed by atoms with Gasteiger partial charge in [-0.15, -0.1) is 5.10 Å². The topological polar surface area (TPSA) is 50.8 Å². The number of aromatic amines is 1. The average Bonchev–Trinajstić information content (AvgIpc) is 2.17. The Kier molecular flexibility index (Phi) is 1.67. The minimum atomic E-state index is 0.426. The molecule has 1 aromatic rings. The third-order valence-corrected chi connectivity index (χ3v) is 0.850. The van der Waals surface area contributed by atoms with Gasteiger partial charge in [-0.2, -0.15) is 4.98 Å². The molecule has 0 spiro atoms. The van der Waals surface area contributed by atoms with E-state index in [1.54, 1.807) is 0 Å². The molecular weight excluding hydrogens is 118 g/mol. The lowest BCUT2D eigenvalue weighted by Crippen LogP contribution is -1.92. The lowest BCUT2D eigenvalue weighted by molar-refractivity contribution is 0.314. The number of nitrogens with one attached hydrogen (secondary N) is 1. The van der Waals surface area contributed by atoms with Crippen LogP contribution in [0.3, 0.4) is 0 Å². The van der Waals surface area contributed by atoms with E-state index < -0.39 is 0 Å². The molecule has 50 valence electrons. The molecule has 4 nitrogen and oxygen atoms in total. The van der Waals surface area contributed by atoms with Crippen LogP contribution in [-0.4, -0.2) is 21.8 Å². The van der Waals surface area contributed by atoms with E-state index in [1.165, 1.54) is 0 Å². The van der Waals surface area contributed by atoms with E-state index in [9.17, 15) is 0 Å². The molecule has 0 unspecified atom stereocenters. The van der Waals surface area contributed by atoms with E-state index in [2.05, 4.69) is 15.2 Å². The van der Waals surface area contributed by atoms with Crippen LogP contribution in [0, 0.1) is 6.92 Å². The summed E-state index contributed by atoms with van der Waals surface area (Å²) in [7, 11) is 0. The maximum Gasteiger partial charge on any atom is 0.335 e. The highest BCUT2D eigenvalue weighted by atomic mass is 16.5. The van der Waals surface area contributed by atoms with Crippen LogP contribution in [0.2, 0.25) is 0 Å². The fourth-order valence-corrected chi connectivity index (χ4v) is 0.516. The molecule has 0 aromatic carbocycles. The fourth-order valence-electron chi connectivity index (χ4n) is 0.516. The predicted molar refractivity (Wildman–Crippen MR) is 32.3 cm³/mol. The number of H-pyrrole nitrogens is 1. The van der Waals surface area contributed by atoms with Crippen molar-refractivity contribution < 1.29 is 4.74 Å². The van der Waals surface area contributed by atoms with E-state index in [0.717, 1.165) is 5.82 Å². The Morgan fingerprint density at radius 2 is 2.44 bits per heavy atom. The van der Waals surface area contributed by atoms with Gasteiger partial charge in [0.15, 0.2) is 0 Å². The number of hydrogen-bond acceptors (Lipinski definition) is 3. The van der Waals surface area contributed by atoms with Crippen LogP contribution >= 0.6 is 0 Å². The summed E-state index contributed by atoms with van der Waals surface area (Å²) in [6.45, 7) is 4.33. The largest absolute Gasteiger partial charge is 0.463 e. The van der Waals surface area contributed by atoms with Gasteiger partial charge in [0, 0.05) is 0 Å². The van der Waals surface area contributed by atoms with Crippen molar-refractivity contribution in [2.45, 2.75) is 13.8 Å². The van der Waals surface area contributed by atoms with E-state index in [0.29, 0.717) is 12.6 Å². The van der Waals surface area contributed by atoms with Gasteiger partial charge in [0.05, 0.1) is 6.61 Å². The first-order chi connectivity index (χ1) is 4.33. The summed E-state index contributed by atoms with van der Waals surface area (Å²) in [4.78, 5) is 3.91. The Balaban J connectivity index is 2.61. The maximum absolute atomic E-state index is 4.97. The number of hydrogen-bond donors (Lipinski definition) is 1. The molecule has 0 saturated carbocycles. The van der Waals surface area contributed by atoms with Crippen molar-refractivity contribution in [3.05, 3.63) is 5.82 Å². The van der Waals surface area contributed by atoms with Gasteiger partial charge in [0.25, 0.3) is 0 Å². The molecule has 0 bridgehead atoms. The van der Waals surface area contributed by atoms with Crippen LogP contribution in [0.15, 0.2) is 0 Å². The van der Waals surface area contributed by atoms with Crippen molar-refractivity contribution in [1.82, 2.24) is 15.2 Å². The Hall–Kier alpha value is -1.06. The number of rotatable bonds is 2. The SMILES string of the molecule is CCOc1n[nH]c(C)n1. The summed E-state index contributed by atoms with van der Waals surface area (Å²) in [5.74, 6) is 0.776. The van der Waals surface area contributed by atoms with Gasteiger partial charge in [-0.05, 0) is 13.8 Å². The Morgan fingerprint density at radius 3 is 2.89 bits per heavy atom. The minimum absolute atomic E-state index is 0.426. The first-order valence-corrected chi connectivity index (χ1v) is 2.84. The molecule has 0 fully saturated rings. The summed E-state index contributed by atoms with van der Waals surface area (Å²) in [5.41, 5.74) is 0. The monoisotopic (exact) mass is 127 g/mol. The molecule has 0 atom stereocenters. The van der Waals surface area contributed by atoms with Crippen LogP contribution in [0.5, 0.6) is 6.01 Å². The second-order valence-electron chi connectivity index (χ2n) is 1.64. The van der Waals surface area contributed by atoms with Gasteiger partial charge in [0.1, 0.15) is 5.82 Å². The standard InChI is InChI=1S/C5H9N3O/c1-3-9-5-6-4(2)7-8-5/h3H2,1-2H3,(H,6,7,8). The molecule has 1 aromatic heterocycles. The molecule has 0 aliphatic carbocycles. The van der Waals surface area contributed by atoms with E-state index >= 15 is 0 Å². The number of aromatic nitrogens is 3. The van der Waals surface area contributed by atoms with E-state index in [-0.39, 0.29) is 0 Å². The Labute approximate surface area is 53.3 Å². The lowest BCUT2D eigenvalue weighted by Gasteiger charge is -1.90. The van der Waals surface area contributed by atoms with Gasteiger partial charge in [-0.25, -0.2) is 0 Å². The molecule has 0 aliphatic heterocycles. The molecule has 0 saturated heterocycles. The van der Waals surface area contributed by atoms with Crippen LogP contribution in [0.1, 0.15) is 12.7 Å². The second kappa shape index (κ2) is 2.48. The summed E-state index contributed by atoms with van der Waals surface area (Å²) in [6.07, 6.45) is 0. The van der Waals surface area contributed by atoms with Gasteiger partial charge < -0.3 is 4.74 Å². The third kappa shape index (κ3) is 1.42. The van der Waals surface area contributed by atoms with E-state index in [4.69, 9.17) is 4.74 Å². The van der Waals surface area contributed by atoms with Crippen LogP contribution < -0.4 is 4.74 Å². The van der Waals surface area contributed by atoms with Crippen molar-refractivity contribution in [3.63, 3.8) is 0 Å². The number of ether oxygens (including phenoxy) is 1. The zero-order valence-corrected chi connectivity index (χ0v) is 5.51. The van der Waals surface area contributed by atoms with Crippen molar-refractivity contribution >= 4 is 0 Å². The van der Waals surface area contributed by atoms with Gasteiger partial charge in [0.2, 0.25) is 0 Å². The Bertz CT molecular complexity index is 184. The second-order valence-corrected chi connectivity index (χ2v) is 1.64. The van der Waals surface area contributed by atoms with E-state index in [1.807, 2.05) is 13.8 Å². The van der Waals surface area contributed by atoms with Crippen LogP contribution in [0.25, 0.3) is 0 Å². The average molecular weight is 127 g/mol. The zero-order valence-electron chi connectivity index (χ0n) is 5.51. The third-order valence-electron chi connectivity index (χ3n) is 0.850. The van der Waals surface area contributed by atoms with Crippen LogP contribution in [-0.2, 0) is 0 Å². The summed E-state index contributed by atoms with van der Waals surface area (Å²) in [6, 6.07) is 0.426. The van der Waals surface area contributed by atoms with Gasteiger partial charge in [-0.1, -0.05) is 0 Å². The highest BCUT2D eigenvalue weighted by molar-refractivity contribution is 4.91. The highest BCUT2D eigenvalue weighted by Crippen LogP contribution is 1.98. The van der Waals surface area contributed by atoms with Gasteiger partial charge in [-0.3, -0.25) is 5.10 Å². The first kappa shape index (κ1) is 6.07. The molecule has 4 heteroatoms. The highest BCUT2D eigenvalue weighted by Gasteiger charge is 1.95. The lowest BCUT2D eigenvalue weighted by atomic mass is 10.8. The summed E-state index contributed by atoms with van der Waals surface area (Å²) in [5, 5.41) is 6.41. The smallest absolute Gasteiger partial charge is 0.335 e. The molecule has 1 heterocycles. The minimum Gasteiger partial charge on any atom is -0.463 e. The molecule has 0 aliphatic rings. The number of nitrogens with zero attached hydrogens (tertiary/aromatic N) is 2. The first-order valence-electron chi connectivity index (χ1n) is 2.84. The molecule has 9 heavy (non-hydrogen) atoms. The van der Waals surface area contributed by atoms with Gasteiger partial charge >= 0.3 is 6.01 Å². The normalized spacial score (nSPS) is 9.56. The molecule has 0 amide bonds. The molecule has 0 radical (unpaired) electrons. The fraction of sp³-hybridized carbons (Fsp3) is 0.600. The summed E-state index contributed by atoms with van der Waals surface area (Å²) >= 11 is 0. The van der Waals surface area contributed by atoms with Crippen molar-refractivity contribution in [2.75, 3.05) is 6.61 Å². The van der Waals surface area contributed by atoms with Crippen molar-refractivity contribution in [2.24, 2.45) is 0 Å². The molecule has 1 rings (SSSR count). The maximum atomic E-state index is 4.97. The zero-order chi connectivity index (χ0) is 6.69. The van der Waals surface area contributed by atoms with Crippen molar-refractivity contribution in [1.29, 1.82) is 0 Å². The Morgan fingerprint density at radius 1 is 1.67 bits per heavy atom. The summed E-state index contributed by atoms with van der Waals surface area (Å²) < 4.78 is 4.97. The van der Waals surface area contributed by atoms with Crippen molar-refractivity contribution in [3.8, 4) is 6.01 Å². The van der Waals surface area contributed by atoms with Crippen LogP contribution in [0.4, 0.5) is 0 Å². The molecule has 1 N–H and O–H groups in total. The molecular formula is C5H9N3O.